The van der Waals surface area contributed by atoms with Gasteiger partial charge in [0.25, 0.3) is 15.0 Å². The van der Waals surface area contributed by atoms with Crippen molar-refractivity contribution in [3.05, 3.63) is 28.0 Å². The Hall–Kier alpha value is -0.700. The number of methoxy groups -OCH3 is 1. The highest BCUT2D eigenvalue weighted by Gasteiger charge is 2.22. The summed E-state index contributed by atoms with van der Waals surface area (Å²) in [4.78, 5) is 11.6. The Bertz CT molecular complexity index is 638. The molecule has 0 saturated heterocycles. The molecule has 9 heteroatoms. The standard InChI is InChI=1S/C12H14BrClFNO4S/c1-7(3-4-20-2)16-12(17)8-5-11(21(14,18)19)9(13)6-10(8)15/h5-7H,3-4H2,1-2H3,(H,16,17). The van der Waals surface area contributed by atoms with E-state index < -0.39 is 20.8 Å². The highest BCUT2D eigenvalue weighted by atomic mass is 79.9. The number of benzene rings is 1. The molecule has 1 rings (SSSR count). The first-order valence-corrected chi connectivity index (χ1v) is 9.00. The molecule has 21 heavy (non-hydrogen) atoms. The van der Waals surface area contributed by atoms with Gasteiger partial charge >= 0.3 is 0 Å². The van der Waals surface area contributed by atoms with Gasteiger partial charge in [-0.1, -0.05) is 0 Å². The fourth-order valence-electron chi connectivity index (χ4n) is 1.56. The van der Waals surface area contributed by atoms with E-state index in [0.717, 1.165) is 12.1 Å². The van der Waals surface area contributed by atoms with Crippen molar-refractivity contribution in [2.75, 3.05) is 13.7 Å². The third kappa shape index (κ3) is 5.21. The van der Waals surface area contributed by atoms with Crippen molar-refractivity contribution >= 4 is 41.6 Å². The second kappa shape index (κ2) is 7.53. The Balaban J connectivity index is 3.05. The number of carbonyl (C=O) groups excluding carboxylic acids is 1. The van der Waals surface area contributed by atoms with Crippen LogP contribution < -0.4 is 5.32 Å². The fraction of sp³-hybridized carbons (Fsp3) is 0.417. The molecule has 1 aromatic rings. The number of amides is 1. The summed E-state index contributed by atoms with van der Waals surface area (Å²) in [6, 6.07) is 1.54. The fourth-order valence-corrected chi connectivity index (χ4v) is 3.73. The number of ether oxygens (including phenoxy) is 1. The van der Waals surface area contributed by atoms with E-state index in [1.807, 2.05) is 0 Å². The molecule has 0 aliphatic carbocycles. The summed E-state index contributed by atoms with van der Waals surface area (Å²) in [6.45, 7) is 2.17. The lowest BCUT2D eigenvalue weighted by molar-refractivity contribution is 0.0925. The second-order valence-corrected chi connectivity index (χ2v) is 7.75. The molecular weight excluding hydrogens is 389 g/mol. The molecule has 0 saturated carbocycles. The summed E-state index contributed by atoms with van der Waals surface area (Å²) < 4.78 is 41.4. The highest BCUT2D eigenvalue weighted by molar-refractivity contribution is 9.10. The number of nitrogens with one attached hydrogen (secondary N) is 1. The van der Waals surface area contributed by atoms with Crippen molar-refractivity contribution in [2.24, 2.45) is 0 Å². The zero-order valence-corrected chi connectivity index (χ0v) is 14.5. The minimum absolute atomic E-state index is 0.0426. The summed E-state index contributed by atoms with van der Waals surface area (Å²) in [5, 5.41) is 2.56. The van der Waals surface area contributed by atoms with Crippen LogP contribution in [-0.2, 0) is 13.8 Å². The van der Waals surface area contributed by atoms with Crippen LogP contribution in [0.4, 0.5) is 4.39 Å². The minimum atomic E-state index is -4.09. The maximum atomic E-state index is 13.8. The van der Waals surface area contributed by atoms with Crippen LogP contribution in [0, 0.1) is 5.82 Å². The maximum absolute atomic E-state index is 13.8. The lowest BCUT2D eigenvalue weighted by atomic mass is 10.1. The van der Waals surface area contributed by atoms with Crippen LogP contribution in [0.1, 0.15) is 23.7 Å². The van der Waals surface area contributed by atoms with E-state index >= 15 is 0 Å². The van der Waals surface area contributed by atoms with Gasteiger partial charge in [0.2, 0.25) is 0 Å². The van der Waals surface area contributed by atoms with E-state index in [1.54, 1.807) is 6.92 Å². The molecule has 1 amide bonds. The van der Waals surface area contributed by atoms with E-state index in [9.17, 15) is 17.6 Å². The Morgan fingerprint density at radius 3 is 2.67 bits per heavy atom. The van der Waals surface area contributed by atoms with Crippen LogP contribution in [-0.4, -0.2) is 34.1 Å². The van der Waals surface area contributed by atoms with E-state index in [1.165, 1.54) is 7.11 Å². The molecule has 0 radical (unpaired) electrons. The third-order valence-electron chi connectivity index (χ3n) is 2.66. The van der Waals surface area contributed by atoms with Gasteiger partial charge in [-0.15, -0.1) is 0 Å². The summed E-state index contributed by atoms with van der Waals surface area (Å²) in [5.74, 6) is -1.56. The molecule has 1 N–H and O–H groups in total. The Morgan fingerprint density at radius 2 is 2.14 bits per heavy atom. The van der Waals surface area contributed by atoms with Crippen LogP contribution in [0.3, 0.4) is 0 Å². The van der Waals surface area contributed by atoms with Gasteiger partial charge in [-0.2, -0.15) is 0 Å². The average molecular weight is 403 g/mol. The number of rotatable bonds is 6. The van der Waals surface area contributed by atoms with Gasteiger partial charge in [0.05, 0.1) is 10.5 Å². The SMILES string of the molecule is COCCC(C)NC(=O)c1cc(S(=O)(=O)Cl)c(Br)cc1F. The van der Waals surface area contributed by atoms with Crippen molar-refractivity contribution in [3.8, 4) is 0 Å². The molecule has 0 heterocycles. The molecule has 0 aromatic heterocycles. The molecule has 1 aromatic carbocycles. The Kier molecular flexibility index (Phi) is 6.58. The first-order chi connectivity index (χ1) is 9.66. The highest BCUT2D eigenvalue weighted by Crippen LogP contribution is 2.28. The van der Waals surface area contributed by atoms with Crippen molar-refractivity contribution in [1.29, 1.82) is 0 Å². The van der Waals surface area contributed by atoms with Crippen LogP contribution in [0.2, 0.25) is 0 Å². The van der Waals surface area contributed by atoms with Crippen LogP contribution in [0.25, 0.3) is 0 Å². The molecular formula is C12H14BrClFNO4S. The van der Waals surface area contributed by atoms with E-state index in [-0.39, 0.29) is 21.0 Å². The van der Waals surface area contributed by atoms with E-state index in [4.69, 9.17) is 15.4 Å². The molecule has 0 aliphatic rings. The molecule has 1 atom stereocenters. The molecule has 0 aliphatic heterocycles. The van der Waals surface area contributed by atoms with Crippen molar-refractivity contribution in [1.82, 2.24) is 5.32 Å². The average Bonchev–Trinajstić information content (AvgIpc) is 2.34. The van der Waals surface area contributed by atoms with Crippen molar-refractivity contribution < 1.29 is 22.3 Å². The van der Waals surface area contributed by atoms with Gasteiger partial charge in [0, 0.05) is 34.9 Å². The van der Waals surface area contributed by atoms with E-state index in [2.05, 4.69) is 21.2 Å². The van der Waals surface area contributed by atoms with Crippen molar-refractivity contribution in [2.45, 2.75) is 24.3 Å². The quantitative estimate of drug-likeness (QED) is 0.743. The van der Waals surface area contributed by atoms with Gasteiger partial charge in [-0.25, -0.2) is 12.8 Å². The van der Waals surface area contributed by atoms with Gasteiger partial charge < -0.3 is 10.1 Å². The van der Waals surface area contributed by atoms with Gasteiger partial charge in [0.15, 0.2) is 0 Å². The van der Waals surface area contributed by atoms with E-state index in [0.29, 0.717) is 13.0 Å². The smallest absolute Gasteiger partial charge is 0.262 e. The Labute approximate surface area is 135 Å². The van der Waals surface area contributed by atoms with Crippen LogP contribution in [0.5, 0.6) is 0 Å². The predicted molar refractivity (Wildman–Crippen MR) is 80.6 cm³/mol. The first-order valence-electron chi connectivity index (χ1n) is 5.90. The normalized spacial score (nSPS) is 13.0. The Morgan fingerprint density at radius 1 is 1.52 bits per heavy atom. The summed E-state index contributed by atoms with van der Waals surface area (Å²) in [7, 11) is 2.68. The molecule has 5 nitrogen and oxygen atoms in total. The van der Waals surface area contributed by atoms with Gasteiger partial charge in [-0.05, 0) is 41.4 Å². The first kappa shape index (κ1) is 18.3. The zero-order valence-electron chi connectivity index (χ0n) is 11.3. The molecule has 1 unspecified atom stereocenters. The molecule has 118 valence electrons. The zero-order chi connectivity index (χ0) is 16.2. The lowest BCUT2D eigenvalue weighted by Gasteiger charge is -2.14. The minimum Gasteiger partial charge on any atom is -0.385 e. The monoisotopic (exact) mass is 401 g/mol. The second-order valence-electron chi connectivity index (χ2n) is 4.36. The van der Waals surface area contributed by atoms with Gasteiger partial charge in [-0.3, -0.25) is 4.79 Å². The number of halogens is 3. The molecule has 0 spiro atoms. The largest absolute Gasteiger partial charge is 0.385 e. The van der Waals surface area contributed by atoms with Gasteiger partial charge in [0.1, 0.15) is 5.82 Å². The molecule has 0 bridgehead atoms. The topological polar surface area (TPSA) is 72.5 Å². The number of hydrogen-bond donors (Lipinski definition) is 1. The summed E-state index contributed by atoms with van der Waals surface area (Å²) in [5.41, 5.74) is -0.387. The lowest BCUT2D eigenvalue weighted by Crippen LogP contribution is -2.34. The number of hydrogen-bond acceptors (Lipinski definition) is 4. The number of carbonyl (C=O) groups is 1. The predicted octanol–water partition coefficient (Wildman–Crippen LogP) is 2.67. The third-order valence-corrected chi connectivity index (χ3v) is 4.94. The summed E-state index contributed by atoms with van der Waals surface area (Å²) >= 11 is 2.90. The summed E-state index contributed by atoms with van der Waals surface area (Å²) in [6.07, 6.45) is 0.543. The van der Waals surface area contributed by atoms with Crippen LogP contribution in [0.15, 0.2) is 21.5 Å². The molecule has 0 fully saturated rings. The van der Waals surface area contributed by atoms with Crippen LogP contribution >= 0.6 is 26.6 Å². The maximum Gasteiger partial charge on any atom is 0.262 e. The van der Waals surface area contributed by atoms with Crippen molar-refractivity contribution in [3.63, 3.8) is 0 Å².